The summed E-state index contributed by atoms with van der Waals surface area (Å²) in [6, 6.07) is 15.7. The summed E-state index contributed by atoms with van der Waals surface area (Å²) in [6.07, 6.45) is 1.35. The smallest absolute Gasteiger partial charge is 0.242 e. The van der Waals surface area contributed by atoms with Gasteiger partial charge in [-0.1, -0.05) is 37.6 Å². The van der Waals surface area contributed by atoms with E-state index < -0.39 is 0 Å². The van der Waals surface area contributed by atoms with Crippen molar-refractivity contribution in [2.24, 2.45) is 5.41 Å². The lowest BCUT2D eigenvalue weighted by atomic mass is 9.74. The van der Waals surface area contributed by atoms with Gasteiger partial charge in [-0.3, -0.25) is 9.59 Å². The molecule has 1 unspecified atom stereocenters. The van der Waals surface area contributed by atoms with E-state index in [9.17, 15) is 9.59 Å². The van der Waals surface area contributed by atoms with Crippen molar-refractivity contribution in [2.45, 2.75) is 39.7 Å². The monoisotopic (exact) mass is 492 g/mol. The average molecular weight is 493 g/mol. The number of carbonyl (C=O) groups excluding carboxylic acids is 2. The zero-order chi connectivity index (χ0) is 24.7. The Morgan fingerprint density at radius 2 is 1.71 bits per heavy atom. The maximum absolute atomic E-state index is 13.5. The molecule has 0 saturated carbocycles. The molecule has 2 aromatic rings. The number of nitrogens with zero attached hydrogens (tertiary/aromatic N) is 3. The van der Waals surface area contributed by atoms with Crippen molar-refractivity contribution in [2.75, 3.05) is 47.8 Å². The van der Waals surface area contributed by atoms with Gasteiger partial charge in [0, 0.05) is 54.6 Å². The van der Waals surface area contributed by atoms with E-state index >= 15 is 0 Å². The van der Waals surface area contributed by atoms with Crippen molar-refractivity contribution in [3.63, 3.8) is 0 Å². The number of hydrogen-bond acceptors (Lipinski definition) is 5. The summed E-state index contributed by atoms with van der Waals surface area (Å²) in [5.74, 6) is 0.271. The van der Waals surface area contributed by atoms with Crippen LogP contribution < -0.4 is 15.1 Å². The molecule has 35 heavy (non-hydrogen) atoms. The zero-order valence-electron chi connectivity index (χ0n) is 20.7. The topological polar surface area (TPSA) is 55.9 Å². The second kappa shape index (κ2) is 9.23. The van der Waals surface area contributed by atoms with Gasteiger partial charge in [-0.15, -0.1) is 0 Å². The van der Waals surface area contributed by atoms with Crippen LogP contribution in [0.15, 0.2) is 59.8 Å². The predicted octanol–water partition coefficient (Wildman–Crippen LogP) is 4.95. The van der Waals surface area contributed by atoms with Gasteiger partial charge in [0.05, 0.1) is 24.0 Å². The van der Waals surface area contributed by atoms with E-state index in [1.807, 2.05) is 53.4 Å². The van der Waals surface area contributed by atoms with Gasteiger partial charge in [0.1, 0.15) is 0 Å². The Labute approximate surface area is 212 Å². The third kappa shape index (κ3) is 4.76. The lowest BCUT2D eigenvalue weighted by Crippen LogP contribution is -2.52. The number of hydrogen-bond donors (Lipinski definition) is 1. The maximum atomic E-state index is 13.5. The van der Waals surface area contributed by atoms with Gasteiger partial charge in [0.25, 0.3) is 0 Å². The third-order valence-electron chi connectivity index (χ3n) is 7.43. The van der Waals surface area contributed by atoms with Gasteiger partial charge in [-0.2, -0.15) is 0 Å². The molecule has 1 amide bonds. The first-order valence-corrected chi connectivity index (χ1v) is 12.8. The molecule has 3 aliphatic rings. The molecule has 1 N–H and O–H groups in total. The quantitative estimate of drug-likeness (QED) is 0.656. The predicted molar refractivity (Wildman–Crippen MR) is 142 cm³/mol. The van der Waals surface area contributed by atoms with Crippen LogP contribution in [0.2, 0.25) is 5.02 Å². The number of anilines is 3. The van der Waals surface area contributed by atoms with Gasteiger partial charge < -0.3 is 20.0 Å². The van der Waals surface area contributed by atoms with Gasteiger partial charge >= 0.3 is 0 Å². The van der Waals surface area contributed by atoms with Crippen molar-refractivity contribution >= 4 is 40.4 Å². The van der Waals surface area contributed by atoms with Gasteiger partial charge in [-0.05, 0) is 55.2 Å². The number of carbonyl (C=O) groups is 2. The minimum absolute atomic E-state index is 0.0771. The molecule has 184 valence electrons. The van der Waals surface area contributed by atoms with Crippen LogP contribution in [0.1, 0.15) is 33.6 Å². The number of allylic oxidation sites excluding steroid dienone is 1. The molecule has 0 bridgehead atoms. The third-order valence-corrected chi connectivity index (χ3v) is 7.69. The summed E-state index contributed by atoms with van der Waals surface area (Å²) < 4.78 is 0. The van der Waals surface area contributed by atoms with Crippen molar-refractivity contribution in [3.8, 4) is 0 Å². The number of halogens is 1. The van der Waals surface area contributed by atoms with E-state index in [1.54, 1.807) is 0 Å². The summed E-state index contributed by atoms with van der Waals surface area (Å²) >= 11 is 6.03. The molecule has 6 nitrogen and oxygen atoms in total. The highest BCUT2D eigenvalue weighted by molar-refractivity contribution is 6.30. The normalized spacial score (nSPS) is 21.8. The van der Waals surface area contributed by atoms with Crippen LogP contribution in [-0.4, -0.2) is 55.4 Å². The molecule has 1 saturated heterocycles. The van der Waals surface area contributed by atoms with Crippen LogP contribution in [-0.2, 0) is 9.59 Å². The number of rotatable bonds is 3. The summed E-state index contributed by atoms with van der Waals surface area (Å²) in [7, 11) is 0. The SMILES string of the molecule is CC1C2=C(CC(C)(C)CC2=O)Nc2ccccc2N1CC(=O)N1CCN(c2ccc(Cl)cc2)CC1. The number of nitrogens with one attached hydrogen (secondary N) is 1. The highest BCUT2D eigenvalue weighted by Crippen LogP contribution is 2.43. The van der Waals surface area contributed by atoms with Crippen LogP contribution >= 0.6 is 11.6 Å². The Morgan fingerprint density at radius 1 is 1.03 bits per heavy atom. The second-order valence-corrected chi connectivity index (χ2v) is 11.1. The number of para-hydroxylation sites is 2. The highest BCUT2D eigenvalue weighted by atomic mass is 35.5. The summed E-state index contributed by atoms with van der Waals surface area (Å²) in [4.78, 5) is 33.1. The van der Waals surface area contributed by atoms with Crippen LogP contribution in [0, 0.1) is 5.41 Å². The van der Waals surface area contributed by atoms with E-state index in [-0.39, 0.29) is 29.7 Å². The molecule has 1 fully saturated rings. The molecule has 2 aliphatic heterocycles. The Hall–Kier alpha value is -2.99. The lowest BCUT2D eigenvalue weighted by molar-refractivity contribution is -0.130. The fraction of sp³-hybridized carbons (Fsp3) is 0.429. The molecule has 2 heterocycles. The molecular formula is C28H33ClN4O2. The number of fused-ring (bicyclic) bond motifs is 1. The summed E-state index contributed by atoms with van der Waals surface area (Å²) in [5, 5.41) is 4.29. The van der Waals surface area contributed by atoms with Gasteiger partial charge in [0.2, 0.25) is 5.91 Å². The first kappa shape index (κ1) is 23.7. The number of benzene rings is 2. The van der Waals surface area contributed by atoms with E-state index in [1.165, 1.54) is 0 Å². The zero-order valence-corrected chi connectivity index (χ0v) is 21.4. The largest absolute Gasteiger partial charge is 0.368 e. The first-order chi connectivity index (χ1) is 16.7. The van der Waals surface area contributed by atoms with Crippen molar-refractivity contribution in [1.29, 1.82) is 0 Å². The Morgan fingerprint density at radius 3 is 2.43 bits per heavy atom. The lowest BCUT2D eigenvalue weighted by Gasteiger charge is -2.39. The standard InChI is InChI=1S/C28H33ClN4O2/c1-19-27-23(16-28(2,3)17-25(27)34)30-22-6-4-5-7-24(22)33(19)18-26(35)32-14-12-31(13-15-32)21-10-8-20(29)9-11-21/h4-11,19,30H,12-18H2,1-3H3. The molecule has 1 atom stereocenters. The molecule has 1 aliphatic carbocycles. The average Bonchev–Trinajstić information content (AvgIpc) is 2.93. The van der Waals surface area contributed by atoms with Crippen LogP contribution in [0.4, 0.5) is 17.1 Å². The molecule has 0 spiro atoms. The van der Waals surface area contributed by atoms with Crippen molar-refractivity contribution in [3.05, 3.63) is 64.8 Å². The fourth-order valence-electron chi connectivity index (χ4n) is 5.62. The minimum Gasteiger partial charge on any atom is -0.368 e. The first-order valence-electron chi connectivity index (χ1n) is 12.4. The van der Waals surface area contributed by atoms with Gasteiger partial charge in [-0.25, -0.2) is 0 Å². The molecule has 0 radical (unpaired) electrons. The van der Waals surface area contributed by atoms with E-state index in [0.717, 1.165) is 52.9 Å². The van der Waals surface area contributed by atoms with Crippen molar-refractivity contribution < 1.29 is 9.59 Å². The summed E-state index contributed by atoms with van der Waals surface area (Å²) in [5.41, 5.74) is 4.79. The van der Waals surface area contributed by atoms with Crippen LogP contribution in [0.3, 0.4) is 0 Å². The van der Waals surface area contributed by atoms with Crippen LogP contribution in [0.25, 0.3) is 0 Å². The Balaban J connectivity index is 1.34. The van der Waals surface area contributed by atoms with Crippen molar-refractivity contribution in [1.82, 2.24) is 4.90 Å². The van der Waals surface area contributed by atoms with E-state index in [0.29, 0.717) is 19.5 Å². The van der Waals surface area contributed by atoms with E-state index in [2.05, 4.69) is 35.9 Å². The second-order valence-electron chi connectivity index (χ2n) is 10.6. The molecule has 0 aromatic heterocycles. The maximum Gasteiger partial charge on any atom is 0.242 e. The number of piperazine rings is 1. The Kier molecular flexibility index (Phi) is 6.26. The highest BCUT2D eigenvalue weighted by Gasteiger charge is 2.39. The number of ketones is 1. The Bertz CT molecular complexity index is 1170. The van der Waals surface area contributed by atoms with E-state index in [4.69, 9.17) is 11.6 Å². The molecular weight excluding hydrogens is 460 g/mol. The van der Waals surface area contributed by atoms with Crippen LogP contribution in [0.5, 0.6) is 0 Å². The minimum atomic E-state index is -0.177. The molecule has 7 heteroatoms. The van der Waals surface area contributed by atoms with Gasteiger partial charge in [0.15, 0.2) is 5.78 Å². The molecule has 5 rings (SSSR count). The number of amides is 1. The summed E-state index contributed by atoms with van der Waals surface area (Å²) in [6.45, 7) is 9.49. The fourth-order valence-corrected chi connectivity index (χ4v) is 5.75. The number of Topliss-reactive ketones (excluding diaryl/α,β-unsaturated/α-hetero) is 1. The molecule has 2 aromatic carbocycles.